The van der Waals surface area contributed by atoms with Crippen LogP contribution in [0, 0.1) is 23.7 Å². The highest BCUT2D eigenvalue weighted by molar-refractivity contribution is 5.77. The average Bonchev–Trinajstić information content (AvgIpc) is 3.36. The zero-order chi connectivity index (χ0) is 26.7. The smallest absolute Gasteiger partial charge is 0.132 e. The number of rotatable bonds is 4. The number of hydrogen-bond donors (Lipinski definition) is 0. The van der Waals surface area contributed by atoms with Gasteiger partial charge in [0.05, 0.1) is 0 Å². The van der Waals surface area contributed by atoms with Crippen LogP contribution in [-0.2, 0) is 9.59 Å². The molecule has 2 fully saturated rings. The van der Waals surface area contributed by atoms with Crippen molar-refractivity contribution in [3.8, 4) is 0 Å². The molecule has 0 aliphatic heterocycles. The van der Waals surface area contributed by atoms with E-state index in [9.17, 15) is 9.59 Å². The quantitative estimate of drug-likeness (QED) is 0.409. The lowest BCUT2D eigenvalue weighted by molar-refractivity contribution is -0.120. The van der Waals surface area contributed by atoms with Gasteiger partial charge in [0.25, 0.3) is 0 Å². The van der Waals surface area contributed by atoms with Gasteiger partial charge in [0, 0.05) is 11.8 Å². The third-order valence-electron chi connectivity index (χ3n) is 6.01. The number of Topliss-reactive ketones (excluding diaryl/α,β-unsaturated/α-hetero) is 2. The molecule has 0 amide bonds. The van der Waals surface area contributed by atoms with E-state index in [1.165, 1.54) is 83.5 Å². The molecule has 2 saturated carbocycles. The second-order valence-corrected chi connectivity index (χ2v) is 11.0. The van der Waals surface area contributed by atoms with Gasteiger partial charge in [0.1, 0.15) is 11.6 Å². The lowest BCUT2D eigenvalue weighted by atomic mass is 10.0. The first-order valence-electron chi connectivity index (χ1n) is 14.3. The van der Waals surface area contributed by atoms with Gasteiger partial charge in [-0.25, -0.2) is 0 Å². The molecule has 0 aromatic rings. The predicted molar refractivity (Wildman–Crippen MR) is 152 cm³/mol. The molecular weight excluding hydrogens is 404 g/mol. The molecule has 0 N–H and O–H groups in total. The molecule has 0 unspecified atom stereocenters. The van der Waals surface area contributed by atoms with Crippen LogP contribution in [-0.4, -0.2) is 11.6 Å². The van der Waals surface area contributed by atoms with Gasteiger partial charge in [0.2, 0.25) is 0 Å². The maximum atomic E-state index is 10.1. The van der Waals surface area contributed by atoms with E-state index in [1.807, 2.05) is 27.7 Å². The molecule has 0 aromatic carbocycles. The van der Waals surface area contributed by atoms with Crippen molar-refractivity contribution in [2.45, 2.75) is 167 Å². The summed E-state index contributed by atoms with van der Waals surface area (Å²) >= 11 is 0. The zero-order valence-corrected chi connectivity index (χ0v) is 25.3. The first kappa shape index (κ1) is 39.5. The van der Waals surface area contributed by atoms with Crippen LogP contribution in [0.25, 0.3) is 0 Å². The number of carbonyl (C=O) groups is 2. The first-order valence-corrected chi connectivity index (χ1v) is 14.3. The molecule has 2 rings (SSSR count). The fourth-order valence-corrected chi connectivity index (χ4v) is 1.94. The maximum Gasteiger partial charge on any atom is 0.132 e. The predicted octanol–water partition coefficient (Wildman–Crippen LogP) is 10.9. The van der Waals surface area contributed by atoms with E-state index in [4.69, 9.17) is 0 Å². The van der Waals surface area contributed by atoms with Crippen LogP contribution < -0.4 is 0 Å². The molecule has 33 heavy (non-hydrogen) atoms. The average molecular weight is 471 g/mol. The highest BCUT2D eigenvalue weighted by Crippen LogP contribution is 2.15. The summed E-state index contributed by atoms with van der Waals surface area (Å²) in [5.41, 5.74) is 0. The van der Waals surface area contributed by atoms with E-state index in [0.29, 0.717) is 0 Å². The van der Waals surface area contributed by atoms with Crippen molar-refractivity contribution < 1.29 is 9.59 Å². The summed E-state index contributed by atoms with van der Waals surface area (Å²) < 4.78 is 0. The molecule has 202 valence electrons. The van der Waals surface area contributed by atoms with E-state index in [1.54, 1.807) is 13.8 Å². The topological polar surface area (TPSA) is 34.1 Å². The van der Waals surface area contributed by atoms with Gasteiger partial charge in [-0.05, 0) is 25.7 Å². The minimum atomic E-state index is 0.213. The zero-order valence-electron chi connectivity index (χ0n) is 25.3. The summed E-state index contributed by atoms with van der Waals surface area (Å²) in [5, 5.41) is 0. The van der Waals surface area contributed by atoms with Crippen LogP contribution in [0.15, 0.2) is 0 Å². The lowest BCUT2D eigenvalue weighted by Crippen LogP contribution is -1.98. The van der Waals surface area contributed by atoms with Crippen molar-refractivity contribution >= 4 is 11.6 Å². The third kappa shape index (κ3) is 54.1. The highest BCUT2D eigenvalue weighted by Gasteiger charge is 1.96. The van der Waals surface area contributed by atoms with Gasteiger partial charge in [-0.1, -0.05) is 153 Å². The maximum absolute atomic E-state index is 10.1. The van der Waals surface area contributed by atoms with Crippen LogP contribution >= 0.6 is 0 Å². The Morgan fingerprint density at radius 2 is 0.545 bits per heavy atom. The van der Waals surface area contributed by atoms with Crippen molar-refractivity contribution in [1.29, 1.82) is 0 Å². The number of ketones is 2. The van der Waals surface area contributed by atoms with Crippen molar-refractivity contribution in [3.05, 3.63) is 0 Å². The van der Waals surface area contributed by atoms with E-state index < -0.39 is 0 Å². The Hall–Kier alpha value is -0.660. The molecule has 2 nitrogen and oxygen atoms in total. The molecule has 0 saturated heterocycles. The van der Waals surface area contributed by atoms with Gasteiger partial charge >= 0.3 is 0 Å². The number of hydrogen-bond acceptors (Lipinski definition) is 2. The van der Waals surface area contributed by atoms with Gasteiger partial charge in [-0.15, -0.1) is 0 Å². The lowest BCUT2D eigenvalue weighted by Gasteiger charge is -2.05. The molecule has 2 heteroatoms. The number of carbonyl (C=O) groups excluding carboxylic acids is 2. The monoisotopic (exact) mass is 471 g/mol. The fraction of sp³-hybridized carbons (Fsp3) is 0.935. The SMILES string of the molecule is C1CCCC1.C1CCCCC1.CC(=O)C(C)C.CC(=O)C(C)C.CCC(C)C.CCC(C)C. The van der Waals surface area contributed by atoms with Gasteiger partial charge in [-0.2, -0.15) is 0 Å². The molecule has 2 aliphatic rings. The van der Waals surface area contributed by atoms with Crippen LogP contribution in [0.4, 0.5) is 0 Å². The summed E-state index contributed by atoms with van der Waals surface area (Å²) in [7, 11) is 0. The summed E-state index contributed by atoms with van der Waals surface area (Å²) in [4.78, 5) is 20.3. The second kappa shape index (κ2) is 31.3. The van der Waals surface area contributed by atoms with E-state index in [0.717, 1.165) is 11.8 Å². The van der Waals surface area contributed by atoms with Gasteiger partial charge in [0.15, 0.2) is 0 Å². The second-order valence-electron chi connectivity index (χ2n) is 11.0. The van der Waals surface area contributed by atoms with Crippen molar-refractivity contribution in [3.63, 3.8) is 0 Å². The van der Waals surface area contributed by atoms with Gasteiger partial charge < -0.3 is 0 Å². The Morgan fingerprint density at radius 3 is 0.576 bits per heavy atom. The van der Waals surface area contributed by atoms with Crippen LogP contribution in [0.1, 0.15) is 167 Å². The van der Waals surface area contributed by atoms with Crippen LogP contribution in [0.2, 0.25) is 0 Å². The van der Waals surface area contributed by atoms with Crippen molar-refractivity contribution in [1.82, 2.24) is 0 Å². The Bertz CT molecular complexity index is 327. The fourth-order valence-electron chi connectivity index (χ4n) is 1.94. The van der Waals surface area contributed by atoms with Gasteiger partial charge in [-0.3, -0.25) is 9.59 Å². The summed E-state index contributed by atoms with van der Waals surface area (Å²) in [6.07, 6.45) is 19.1. The van der Waals surface area contributed by atoms with Crippen LogP contribution in [0.3, 0.4) is 0 Å². The minimum absolute atomic E-state index is 0.213. The Morgan fingerprint density at radius 1 is 0.455 bits per heavy atom. The summed E-state index contributed by atoms with van der Waals surface area (Å²) in [6, 6.07) is 0. The molecule has 0 bridgehead atoms. The van der Waals surface area contributed by atoms with E-state index in [-0.39, 0.29) is 23.4 Å². The Kier molecular flexibility index (Phi) is 37.6. The first-order chi connectivity index (χ1) is 15.3. The largest absolute Gasteiger partial charge is 0.300 e. The standard InChI is InChI=1S/C6H12.2C5H10O.C5H10.2C5H12/c1-2-4-6-5-3-1;2*1-4(2)5(3)6;1-2-4-5-3-1;2*1-4-5(2)3/h1-6H2;2*4H,1-3H3;1-5H2;2*5H,4H2,1-3H3. The normalized spacial score (nSPS) is 14.3. The molecule has 0 spiro atoms. The Labute approximate surface area is 211 Å². The Balaban J connectivity index is -0.000000153. The minimum Gasteiger partial charge on any atom is -0.300 e. The highest BCUT2D eigenvalue weighted by atomic mass is 16.1. The van der Waals surface area contributed by atoms with Crippen molar-refractivity contribution in [2.75, 3.05) is 0 Å². The van der Waals surface area contributed by atoms with Crippen LogP contribution in [0.5, 0.6) is 0 Å². The molecule has 0 atom stereocenters. The molecule has 2 aliphatic carbocycles. The third-order valence-corrected chi connectivity index (χ3v) is 6.01. The van der Waals surface area contributed by atoms with Crippen molar-refractivity contribution in [2.24, 2.45) is 23.7 Å². The molecule has 0 aromatic heterocycles. The molecule has 0 radical (unpaired) electrons. The molecular formula is C31H66O2. The van der Waals surface area contributed by atoms with E-state index in [2.05, 4.69) is 41.5 Å². The summed E-state index contributed by atoms with van der Waals surface area (Å²) in [6.45, 7) is 24.1. The van der Waals surface area contributed by atoms with E-state index >= 15 is 0 Å². The molecule has 0 heterocycles. The summed E-state index contributed by atoms with van der Waals surface area (Å²) in [5.74, 6) is 2.71.